The van der Waals surface area contributed by atoms with Crippen LogP contribution in [0.5, 0.6) is 0 Å². The van der Waals surface area contributed by atoms with Crippen molar-refractivity contribution in [2.45, 2.75) is 18.4 Å². The number of carbonyl (C=O) groups excluding carboxylic acids is 2. The zero-order valence-corrected chi connectivity index (χ0v) is 25.3. The van der Waals surface area contributed by atoms with Gasteiger partial charge in [-0.05, 0) is 71.1 Å². The molecule has 0 bridgehead atoms. The molecule has 17 heteroatoms. The summed E-state index contributed by atoms with van der Waals surface area (Å²) in [6, 6.07) is 6.42. The summed E-state index contributed by atoms with van der Waals surface area (Å²) < 4.78 is 91.9. The third kappa shape index (κ3) is 7.75. The van der Waals surface area contributed by atoms with Crippen molar-refractivity contribution in [3.8, 4) is 11.1 Å². The molecule has 1 fully saturated rings. The summed E-state index contributed by atoms with van der Waals surface area (Å²) in [6.07, 6.45) is -7.37. The van der Waals surface area contributed by atoms with Crippen LogP contribution in [0, 0.1) is 0 Å². The number of nitrogens with one attached hydrogen (secondary N) is 1. The first kappa shape index (κ1) is 33.4. The van der Waals surface area contributed by atoms with Gasteiger partial charge in [0.15, 0.2) is 0 Å². The van der Waals surface area contributed by atoms with Gasteiger partial charge in [0.05, 0.1) is 27.3 Å². The van der Waals surface area contributed by atoms with Crippen LogP contribution in [-0.4, -0.2) is 54.4 Å². The number of hydrogen-bond donors (Lipinski definition) is 2. The van der Waals surface area contributed by atoms with Crippen LogP contribution in [0.3, 0.4) is 0 Å². The SMILES string of the molecule is CS(=O)C[C@@H](C(=O)Nc1ccc(C(=O)O)cc1)N1C(=O)C(=Cc2cc(-c3cc(C(F)(F)F)cc(C(F)(F)F)c3)cs2)SC1=S. The first-order valence-corrected chi connectivity index (χ1v) is 15.9. The van der Waals surface area contributed by atoms with Crippen molar-refractivity contribution in [3.63, 3.8) is 0 Å². The Hall–Kier alpha value is -3.54. The predicted molar refractivity (Wildman–Crippen MR) is 160 cm³/mol. The van der Waals surface area contributed by atoms with Gasteiger partial charge in [-0.2, -0.15) is 26.3 Å². The van der Waals surface area contributed by atoms with Gasteiger partial charge in [0.25, 0.3) is 5.91 Å². The van der Waals surface area contributed by atoms with E-state index < -0.39 is 58.1 Å². The number of halogens is 6. The molecule has 7 nitrogen and oxygen atoms in total. The number of alkyl halides is 6. The summed E-state index contributed by atoms with van der Waals surface area (Å²) in [5, 5.41) is 12.9. The van der Waals surface area contributed by atoms with E-state index in [4.69, 9.17) is 17.3 Å². The van der Waals surface area contributed by atoms with Crippen LogP contribution in [0.4, 0.5) is 32.0 Å². The fourth-order valence-electron chi connectivity index (χ4n) is 3.99. The minimum Gasteiger partial charge on any atom is -0.478 e. The number of aromatic carboxylic acids is 1. The van der Waals surface area contributed by atoms with Gasteiger partial charge in [0, 0.05) is 27.6 Å². The molecule has 232 valence electrons. The van der Waals surface area contributed by atoms with Crippen molar-refractivity contribution >= 4 is 80.0 Å². The third-order valence-electron chi connectivity index (χ3n) is 6.04. The van der Waals surface area contributed by atoms with Crippen LogP contribution >= 0.6 is 35.3 Å². The van der Waals surface area contributed by atoms with Crippen molar-refractivity contribution in [1.82, 2.24) is 4.90 Å². The van der Waals surface area contributed by atoms with Gasteiger partial charge in [-0.15, -0.1) is 11.3 Å². The van der Waals surface area contributed by atoms with Crippen LogP contribution in [0.1, 0.15) is 26.4 Å². The summed E-state index contributed by atoms with van der Waals surface area (Å²) >= 11 is 7.09. The molecule has 1 aromatic heterocycles. The number of nitrogens with zero attached hydrogens (tertiary/aromatic N) is 1. The van der Waals surface area contributed by atoms with Gasteiger partial charge in [0.2, 0.25) is 5.91 Å². The van der Waals surface area contributed by atoms with Crippen molar-refractivity contribution in [1.29, 1.82) is 0 Å². The molecule has 1 aliphatic heterocycles. The van der Waals surface area contributed by atoms with Gasteiger partial charge in [-0.25, -0.2) is 4.79 Å². The quantitative estimate of drug-likeness (QED) is 0.153. The minimum atomic E-state index is -5.02. The number of carbonyl (C=O) groups is 3. The lowest BCUT2D eigenvalue weighted by Crippen LogP contribution is -2.49. The molecule has 2 N–H and O–H groups in total. The standard InChI is InChI=1S/C27H18F6N2O5S4/c1-44(40)12-20(22(36)34-18-4-2-13(3-5-18)24(38)39)35-23(37)21(43-25(35)41)10-19-8-15(11-42-19)14-6-16(26(28,29)30)9-17(7-14)27(31,32)33/h2-11,20H,12H2,1H3,(H,34,36)(H,38,39)/t20-,44?/m0/s1. The summed E-state index contributed by atoms with van der Waals surface area (Å²) in [5.74, 6) is -2.94. The summed E-state index contributed by atoms with van der Waals surface area (Å²) in [7, 11) is -1.57. The molecule has 2 heterocycles. The number of thioether (sulfide) groups is 1. The average molecular weight is 693 g/mol. The maximum atomic E-state index is 13.4. The van der Waals surface area contributed by atoms with Crippen molar-refractivity contribution < 1.29 is 50.0 Å². The lowest BCUT2D eigenvalue weighted by molar-refractivity contribution is -0.143. The average Bonchev–Trinajstić information content (AvgIpc) is 3.50. The molecule has 3 aromatic rings. The van der Waals surface area contributed by atoms with Crippen molar-refractivity contribution in [2.75, 3.05) is 17.3 Å². The van der Waals surface area contributed by atoms with Gasteiger partial charge in [-0.3, -0.25) is 18.7 Å². The first-order valence-electron chi connectivity index (χ1n) is 12.0. The van der Waals surface area contributed by atoms with Crippen LogP contribution in [0.15, 0.2) is 58.8 Å². The molecule has 1 saturated heterocycles. The molecule has 1 unspecified atom stereocenters. The van der Waals surface area contributed by atoms with Crippen LogP contribution < -0.4 is 5.32 Å². The Balaban J connectivity index is 1.60. The van der Waals surface area contributed by atoms with Crippen LogP contribution in [0.2, 0.25) is 0 Å². The largest absolute Gasteiger partial charge is 0.478 e. The highest BCUT2D eigenvalue weighted by atomic mass is 32.2. The molecule has 0 spiro atoms. The van der Waals surface area contributed by atoms with Gasteiger partial charge >= 0.3 is 18.3 Å². The normalized spacial score (nSPS) is 16.3. The molecule has 44 heavy (non-hydrogen) atoms. The zero-order valence-electron chi connectivity index (χ0n) is 22.0. The van der Waals surface area contributed by atoms with Crippen molar-refractivity contribution in [2.24, 2.45) is 0 Å². The molecular formula is C27H18F6N2O5S4. The lowest BCUT2D eigenvalue weighted by atomic mass is 10.0. The van der Waals surface area contributed by atoms with Crippen molar-refractivity contribution in [3.05, 3.63) is 80.4 Å². The Morgan fingerprint density at radius 2 is 1.61 bits per heavy atom. The summed E-state index contributed by atoms with van der Waals surface area (Å²) in [6.45, 7) is 0. The van der Waals surface area contributed by atoms with E-state index >= 15 is 0 Å². The highest BCUT2D eigenvalue weighted by Crippen LogP contribution is 2.40. The third-order valence-corrected chi connectivity index (χ3v) is 9.04. The molecule has 4 rings (SSSR count). The monoisotopic (exact) mass is 692 g/mol. The molecule has 2 aromatic carbocycles. The van der Waals surface area contributed by atoms with E-state index in [0.29, 0.717) is 17.0 Å². The topological polar surface area (TPSA) is 104 Å². The minimum absolute atomic E-state index is 0.0221. The summed E-state index contributed by atoms with van der Waals surface area (Å²) in [5.41, 5.74) is -3.02. The zero-order chi connectivity index (χ0) is 32.6. The number of carboxylic acid groups (broad SMARTS) is 1. The highest BCUT2D eigenvalue weighted by Gasteiger charge is 2.41. The Labute approximate surface area is 261 Å². The molecule has 0 aliphatic carbocycles. The number of thiocarbonyl (C=S) groups is 1. The number of carboxylic acids is 1. The maximum absolute atomic E-state index is 13.4. The second-order valence-corrected chi connectivity index (χ2v) is 13.3. The molecule has 0 radical (unpaired) electrons. The van der Waals surface area contributed by atoms with Gasteiger partial charge < -0.3 is 10.4 Å². The van der Waals surface area contributed by atoms with E-state index in [0.717, 1.165) is 28.0 Å². The number of benzene rings is 2. The smallest absolute Gasteiger partial charge is 0.416 e. The van der Waals surface area contributed by atoms with E-state index in [1.807, 2.05) is 0 Å². The van der Waals surface area contributed by atoms with E-state index in [1.165, 1.54) is 48.0 Å². The highest BCUT2D eigenvalue weighted by molar-refractivity contribution is 8.26. The Morgan fingerprint density at radius 1 is 1.02 bits per heavy atom. The predicted octanol–water partition coefficient (Wildman–Crippen LogP) is 6.74. The van der Waals surface area contributed by atoms with Gasteiger partial charge in [-0.1, -0.05) is 24.0 Å². The van der Waals surface area contributed by atoms with Crippen LogP contribution in [0.25, 0.3) is 17.2 Å². The Bertz CT molecular complexity index is 1670. The fraction of sp³-hybridized carbons (Fsp3) is 0.185. The molecule has 2 atom stereocenters. The summed E-state index contributed by atoms with van der Waals surface area (Å²) in [4.78, 5) is 38.9. The number of hydrogen-bond acceptors (Lipinski definition) is 7. The van der Waals surface area contributed by atoms with Gasteiger partial charge in [0.1, 0.15) is 10.4 Å². The molecular weight excluding hydrogens is 675 g/mol. The molecule has 1 aliphatic rings. The fourth-order valence-corrected chi connectivity index (χ4v) is 7.01. The molecule has 2 amide bonds. The van der Waals surface area contributed by atoms with Crippen LogP contribution in [-0.2, 0) is 32.7 Å². The first-order chi connectivity index (χ1) is 20.4. The number of anilines is 1. The molecule has 0 saturated carbocycles. The lowest BCUT2D eigenvalue weighted by Gasteiger charge is -2.25. The maximum Gasteiger partial charge on any atom is 0.416 e. The Kier molecular flexibility index (Phi) is 9.72. The Morgan fingerprint density at radius 3 is 2.14 bits per heavy atom. The van der Waals surface area contributed by atoms with E-state index in [2.05, 4.69) is 5.32 Å². The van der Waals surface area contributed by atoms with E-state index in [1.54, 1.807) is 0 Å². The second-order valence-electron chi connectivity index (χ2n) is 9.21. The van der Waals surface area contributed by atoms with E-state index in [9.17, 15) is 44.9 Å². The number of rotatable bonds is 8. The second kappa shape index (κ2) is 12.8. The number of amides is 2. The number of thiophene rings is 1. The van der Waals surface area contributed by atoms with E-state index in [-0.39, 0.29) is 43.4 Å².